The number of rotatable bonds is 5. The number of halogens is 1. The maximum atomic E-state index is 12.0. The molecule has 0 aliphatic carbocycles. The summed E-state index contributed by atoms with van der Waals surface area (Å²) >= 11 is 5.79. The number of aromatic nitrogens is 3. The Labute approximate surface area is 143 Å². The number of amides is 1. The normalized spacial score (nSPS) is 10.8. The van der Waals surface area contributed by atoms with Crippen LogP contribution < -0.4 is 5.32 Å². The predicted octanol–water partition coefficient (Wildman–Crippen LogP) is 3.29. The number of aryl methyl sites for hydroxylation is 1. The number of Topliss-reactive ketones (excluding diaryl/α,β-unsaturated/α-hetero) is 1. The average molecular weight is 343 g/mol. The van der Waals surface area contributed by atoms with Gasteiger partial charge in [-0.2, -0.15) is 5.10 Å². The number of fused-ring (bicyclic) bond motifs is 1. The SMILES string of the molecule is Cc1nc2ccc(NC(=O)CCC(=O)c3ccc(Cl)cc3)cn2n1. The van der Waals surface area contributed by atoms with Gasteiger partial charge in [-0.1, -0.05) is 11.6 Å². The van der Waals surface area contributed by atoms with Crippen LogP contribution in [-0.2, 0) is 4.79 Å². The summed E-state index contributed by atoms with van der Waals surface area (Å²) in [5, 5.41) is 7.52. The molecule has 0 spiro atoms. The monoisotopic (exact) mass is 342 g/mol. The molecule has 0 aliphatic heterocycles. The van der Waals surface area contributed by atoms with Gasteiger partial charge in [-0.3, -0.25) is 9.59 Å². The van der Waals surface area contributed by atoms with Gasteiger partial charge in [0.25, 0.3) is 0 Å². The van der Waals surface area contributed by atoms with Gasteiger partial charge in [-0.05, 0) is 43.3 Å². The molecule has 2 heterocycles. The van der Waals surface area contributed by atoms with Crippen LogP contribution in [0.15, 0.2) is 42.6 Å². The van der Waals surface area contributed by atoms with Crippen molar-refractivity contribution in [3.05, 3.63) is 59.0 Å². The molecule has 0 unspecified atom stereocenters. The highest BCUT2D eigenvalue weighted by atomic mass is 35.5. The van der Waals surface area contributed by atoms with Gasteiger partial charge in [0.15, 0.2) is 11.4 Å². The highest BCUT2D eigenvalue weighted by Gasteiger charge is 2.10. The second kappa shape index (κ2) is 6.80. The van der Waals surface area contributed by atoms with E-state index in [-0.39, 0.29) is 24.5 Å². The number of carbonyl (C=O) groups excluding carboxylic acids is 2. The molecule has 0 atom stereocenters. The fourth-order valence-corrected chi connectivity index (χ4v) is 2.42. The lowest BCUT2D eigenvalue weighted by atomic mass is 10.1. The second-order valence-electron chi connectivity index (χ2n) is 5.36. The number of anilines is 1. The van der Waals surface area contributed by atoms with Crippen LogP contribution in [0.3, 0.4) is 0 Å². The number of ketones is 1. The van der Waals surface area contributed by atoms with Crippen LogP contribution in [0.25, 0.3) is 5.65 Å². The zero-order valence-corrected chi connectivity index (χ0v) is 13.7. The third kappa shape index (κ3) is 3.78. The Morgan fingerprint density at radius 2 is 1.88 bits per heavy atom. The van der Waals surface area contributed by atoms with Gasteiger partial charge in [0, 0.05) is 23.4 Å². The first-order chi connectivity index (χ1) is 11.5. The van der Waals surface area contributed by atoms with Gasteiger partial charge >= 0.3 is 0 Å². The van der Waals surface area contributed by atoms with Crippen LogP contribution in [-0.4, -0.2) is 26.3 Å². The molecule has 0 fully saturated rings. The zero-order chi connectivity index (χ0) is 17.1. The topological polar surface area (TPSA) is 76.4 Å². The smallest absolute Gasteiger partial charge is 0.224 e. The lowest BCUT2D eigenvalue weighted by molar-refractivity contribution is -0.116. The third-order valence-electron chi connectivity index (χ3n) is 3.47. The van der Waals surface area contributed by atoms with Crippen LogP contribution in [0.4, 0.5) is 5.69 Å². The van der Waals surface area contributed by atoms with Gasteiger partial charge in [-0.25, -0.2) is 9.50 Å². The minimum Gasteiger partial charge on any atom is -0.325 e. The Morgan fingerprint density at radius 1 is 1.12 bits per heavy atom. The van der Waals surface area contributed by atoms with Crippen LogP contribution in [0.1, 0.15) is 29.0 Å². The first-order valence-corrected chi connectivity index (χ1v) is 7.81. The Bertz CT molecular complexity index is 903. The van der Waals surface area contributed by atoms with E-state index in [1.807, 2.05) is 0 Å². The molecule has 0 bridgehead atoms. The maximum absolute atomic E-state index is 12.0. The molecule has 1 aromatic carbocycles. The Hall–Kier alpha value is -2.73. The van der Waals surface area contributed by atoms with E-state index < -0.39 is 0 Å². The van der Waals surface area contributed by atoms with Crippen molar-refractivity contribution in [2.75, 3.05) is 5.32 Å². The summed E-state index contributed by atoms with van der Waals surface area (Å²) < 4.78 is 1.60. The molecule has 24 heavy (non-hydrogen) atoms. The van der Waals surface area contributed by atoms with Gasteiger partial charge in [0.05, 0.1) is 11.9 Å². The van der Waals surface area contributed by atoms with E-state index in [0.717, 1.165) is 0 Å². The van der Waals surface area contributed by atoms with Crippen molar-refractivity contribution in [1.82, 2.24) is 14.6 Å². The molecule has 0 radical (unpaired) electrons. The van der Waals surface area contributed by atoms with E-state index in [4.69, 9.17) is 11.6 Å². The van der Waals surface area contributed by atoms with E-state index in [9.17, 15) is 9.59 Å². The van der Waals surface area contributed by atoms with Crippen LogP contribution in [0.5, 0.6) is 0 Å². The van der Waals surface area contributed by atoms with Crippen molar-refractivity contribution < 1.29 is 9.59 Å². The first kappa shape index (κ1) is 16.1. The Kier molecular flexibility index (Phi) is 4.57. The number of nitrogens with zero attached hydrogens (tertiary/aromatic N) is 3. The van der Waals surface area contributed by atoms with Crippen molar-refractivity contribution >= 4 is 34.6 Å². The molecule has 6 nitrogen and oxygen atoms in total. The van der Waals surface area contributed by atoms with Gasteiger partial charge in [0.2, 0.25) is 5.91 Å². The largest absolute Gasteiger partial charge is 0.325 e. The molecule has 1 N–H and O–H groups in total. The lowest BCUT2D eigenvalue weighted by Crippen LogP contribution is -2.14. The maximum Gasteiger partial charge on any atom is 0.224 e. The molecule has 1 amide bonds. The Morgan fingerprint density at radius 3 is 2.62 bits per heavy atom. The molecular weight excluding hydrogens is 328 g/mol. The minimum atomic E-state index is -0.228. The Balaban J connectivity index is 1.58. The highest BCUT2D eigenvalue weighted by molar-refractivity contribution is 6.30. The van der Waals surface area contributed by atoms with Crippen molar-refractivity contribution in [1.29, 1.82) is 0 Å². The van der Waals surface area contributed by atoms with E-state index >= 15 is 0 Å². The number of nitrogens with one attached hydrogen (secondary N) is 1. The molecular formula is C17H15ClN4O2. The van der Waals surface area contributed by atoms with E-state index in [1.165, 1.54) is 0 Å². The molecule has 7 heteroatoms. The van der Waals surface area contributed by atoms with E-state index in [0.29, 0.717) is 27.7 Å². The summed E-state index contributed by atoms with van der Waals surface area (Å²) in [5.74, 6) is 0.338. The van der Waals surface area contributed by atoms with E-state index in [2.05, 4.69) is 15.4 Å². The summed E-state index contributed by atoms with van der Waals surface area (Å²) in [5.41, 5.74) is 1.87. The first-order valence-electron chi connectivity index (χ1n) is 7.43. The molecule has 3 rings (SSSR count). The quantitative estimate of drug-likeness (QED) is 0.722. The summed E-state index contributed by atoms with van der Waals surface area (Å²) in [4.78, 5) is 28.3. The molecule has 3 aromatic rings. The predicted molar refractivity (Wildman–Crippen MR) is 91.4 cm³/mol. The molecule has 0 aliphatic rings. The fourth-order valence-electron chi connectivity index (χ4n) is 2.30. The van der Waals surface area contributed by atoms with Crippen molar-refractivity contribution in [3.8, 4) is 0 Å². The minimum absolute atomic E-state index is 0.0934. The van der Waals surface area contributed by atoms with Crippen molar-refractivity contribution in [3.63, 3.8) is 0 Å². The van der Waals surface area contributed by atoms with Gasteiger partial charge < -0.3 is 5.32 Å². The number of hydrogen-bond donors (Lipinski definition) is 1. The van der Waals surface area contributed by atoms with Gasteiger partial charge in [0.1, 0.15) is 5.82 Å². The summed E-state index contributed by atoms with van der Waals surface area (Å²) in [6.45, 7) is 1.80. The summed E-state index contributed by atoms with van der Waals surface area (Å²) in [7, 11) is 0. The molecule has 2 aromatic heterocycles. The van der Waals surface area contributed by atoms with E-state index in [1.54, 1.807) is 54.0 Å². The van der Waals surface area contributed by atoms with Gasteiger partial charge in [-0.15, -0.1) is 0 Å². The number of benzene rings is 1. The summed E-state index contributed by atoms with van der Waals surface area (Å²) in [6, 6.07) is 10.2. The lowest BCUT2D eigenvalue weighted by Gasteiger charge is -2.05. The summed E-state index contributed by atoms with van der Waals surface area (Å²) in [6.07, 6.45) is 1.93. The molecule has 0 saturated heterocycles. The van der Waals surface area contributed by atoms with Crippen LogP contribution in [0.2, 0.25) is 5.02 Å². The second-order valence-corrected chi connectivity index (χ2v) is 5.79. The third-order valence-corrected chi connectivity index (χ3v) is 3.72. The van der Waals surface area contributed by atoms with Crippen LogP contribution >= 0.6 is 11.6 Å². The fraction of sp³-hybridized carbons (Fsp3) is 0.176. The molecule has 0 saturated carbocycles. The number of pyridine rings is 1. The zero-order valence-electron chi connectivity index (χ0n) is 13.0. The van der Waals surface area contributed by atoms with Crippen molar-refractivity contribution in [2.24, 2.45) is 0 Å². The highest BCUT2D eigenvalue weighted by Crippen LogP contribution is 2.13. The molecule has 122 valence electrons. The van der Waals surface area contributed by atoms with Crippen molar-refractivity contribution in [2.45, 2.75) is 19.8 Å². The number of hydrogen-bond acceptors (Lipinski definition) is 4. The number of carbonyl (C=O) groups is 2. The van der Waals surface area contributed by atoms with Crippen LogP contribution in [0, 0.1) is 6.92 Å². The standard InChI is InChI=1S/C17H15ClN4O2/c1-11-19-16-8-6-14(10-22(16)21-11)20-17(24)9-7-15(23)12-2-4-13(18)5-3-12/h2-6,8,10H,7,9H2,1H3,(H,20,24). The average Bonchev–Trinajstić information content (AvgIpc) is 2.92.